The molecule has 1 N–H and O–H groups in total. The van der Waals surface area contributed by atoms with Gasteiger partial charge in [0.15, 0.2) is 5.25 Å². The molecule has 0 heterocycles. The molecule has 0 amide bonds. The Balaban J connectivity index is 2.57. The second-order valence-corrected chi connectivity index (χ2v) is 6.54. The van der Waals surface area contributed by atoms with Crippen LogP contribution in [0.15, 0.2) is 0 Å². The standard InChI is InChI=1S/C11H20N2O2S/c1-3-11(8-12)16(14,15)13-10-6-4-9(2)5-7-10/h9-11,13H,3-7H2,1-2H3. The van der Waals surface area contributed by atoms with Crippen molar-refractivity contribution in [2.24, 2.45) is 5.92 Å². The zero-order chi connectivity index (χ0) is 12.2. The number of nitrogens with one attached hydrogen (secondary N) is 1. The van der Waals surface area contributed by atoms with Gasteiger partial charge in [-0.15, -0.1) is 0 Å². The Morgan fingerprint density at radius 3 is 2.38 bits per heavy atom. The van der Waals surface area contributed by atoms with Gasteiger partial charge >= 0.3 is 0 Å². The minimum absolute atomic E-state index is 0.0311. The van der Waals surface area contributed by atoms with E-state index in [1.807, 2.05) is 6.07 Å². The number of sulfonamides is 1. The number of nitriles is 1. The van der Waals surface area contributed by atoms with Crippen molar-refractivity contribution < 1.29 is 8.42 Å². The van der Waals surface area contributed by atoms with Crippen LogP contribution in [0.4, 0.5) is 0 Å². The van der Waals surface area contributed by atoms with E-state index in [1.54, 1.807) is 6.92 Å². The maximum Gasteiger partial charge on any atom is 0.228 e. The highest BCUT2D eigenvalue weighted by Crippen LogP contribution is 2.24. The van der Waals surface area contributed by atoms with Crippen molar-refractivity contribution in [1.29, 1.82) is 5.26 Å². The zero-order valence-corrected chi connectivity index (χ0v) is 10.8. The summed E-state index contributed by atoms with van der Waals surface area (Å²) in [5, 5.41) is 7.85. The summed E-state index contributed by atoms with van der Waals surface area (Å²) < 4.78 is 26.3. The van der Waals surface area contributed by atoms with E-state index in [-0.39, 0.29) is 6.04 Å². The van der Waals surface area contributed by atoms with Crippen LogP contribution >= 0.6 is 0 Å². The summed E-state index contributed by atoms with van der Waals surface area (Å²) in [6.45, 7) is 3.91. The topological polar surface area (TPSA) is 70.0 Å². The molecule has 0 aromatic carbocycles. The van der Waals surface area contributed by atoms with Gasteiger partial charge in [0.05, 0.1) is 6.07 Å². The van der Waals surface area contributed by atoms with Crippen LogP contribution in [0.1, 0.15) is 46.0 Å². The normalized spacial score (nSPS) is 28.3. The molecule has 1 fully saturated rings. The van der Waals surface area contributed by atoms with E-state index in [4.69, 9.17) is 5.26 Å². The van der Waals surface area contributed by atoms with Crippen molar-refractivity contribution in [3.8, 4) is 6.07 Å². The molecular weight excluding hydrogens is 224 g/mol. The van der Waals surface area contributed by atoms with Gasteiger partial charge < -0.3 is 0 Å². The third-order valence-corrected chi connectivity index (χ3v) is 5.09. The summed E-state index contributed by atoms with van der Waals surface area (Å²) in [5.74, 6) is 0.693. The number of hydrogen-bond acceptors (Lipinski definition) is 3. The second-order valence-electron chi connectivity index (χ2n) is 4.65. The highest BCUT2D eigenvalue weighted by Gasteiger charge is 2.28. The van der Waals surface area contributed by atoms with Crippen LogP contribution in [-0.2, 0) is 10.0 Å². The monoisotopic (exact) mass is 244 g/mol. The Morgan fingerprint density at radius 1 is 1.38 bits per heavy atom. The minimum atomic E-state index is -3.45. The van der Waals surface area contributed by atoms with Crippen LogP contribution in [0, 0.1) is 17.2 Å². The second kappa shape index (κ2) is 5.65. The summed E-state index contributed by atoms with van der Waals surface area (Å²) >= 11 is 0. The van der Waals surface area contributed by atoms with Gasteiger partial charge in [-0.3, -0.25) is 0 Å². The Labute approximate surface area is 98.1 Å². The highest BCUT2D eigenvalue weighted by molar-refractivity contribution is 7.90. The lowest BCUT2D eigenvalue weighted by molar-refractivity contribution is 0.331. The molecule has 0 radical (unpaired) electrons. The Hall–Kier alpha value is -0.600. The average Bonchev–Trinajstić information content (AvgIpc) is 2.22. The summed E-state index contributed by atoms with van der Waals surface area (Å²) in [7, 11) is -3.45. The molecule has 0 aliphatic heterocycles. The van der Waals surface area contributed by atoms with E-state index in [2.05, 4.69) is 11.6 Å². The first-order valence-corrected chi connectivity index (χ1v) is 7.45. The summed E-state index contributed by atoms with van der Waals surface area (Å²) in [6.07, 6.45) is 4.26. The van der Waals surface area contributed by atoms with Gasteiger partial charge in [0.2, 0.25) is 10.0 Å². The quantitative estimate of drug-likeness (QED) is 0.819. The van der Waals surface area contributed by atoms with Gasteiger partial charge in [-0.1, -0.05) is 13.8 Å². The molecule has 1 unspecified atom stereocenters. The van der Waals surface area contributed by atoms with E-state index in [0.717, 1.165) is 25.7 Å². The predicted octanol–water partition coefficient (Wildman–Crippen LogP) is 1.79. The van der Waals surface area contributed by atoms with Crippen molar-refractivity contribution in [3.63, 3.8) is 0 Å². The molecule has 1 aliphatic carbocycles. The van der Waals surface area contributed by atoms with Crippen molar-refractivity contribution in [2.75, 3.05) is 0 Å². The van der Waals surface area contributed by atoms with Gasteiger partial charge in [-0.25, -0.2) is 13.1 Å². The maximum atomic E-state index is 11.8. The largest absolute Gasteiger partial charge is 0.228 e. The van der Waals surface area contributed by atoms with E-state index >= 15 is 0 Å². The third kappa shape index (κ3) is 3.46. The van der Waals surface area contributed by atoms with Crippen LogP contribution in [-0.4, -0.2) is 19.7 Å². The smallest absolute Gasteiger partial charge is 0.211 e. The fraction of sp³-hybridized carbons (Fsp3) is 0.909. The van der Waals surface area contributed by atoms with Gasteiger partial charge in [0.1, 0.15) is 0 Å². The molecule has 0 aromatic heterocycles. The Kier molecular flexibility index (Phi) is 4.75. The number of rotatable bonds is 4. The molecule has 16 heavy (non-hydrogen) atoms. The van der Waals surface area contributed by atoms with Crippen molar-refractivity contribution in [2.45, 2.75) is 57.2 Å². The number of hydrogen-bond donors (Lipinski definition) is 1. The van der Waals surface area contributed by atoms with Crippen LogP contribution in [0.5, 0.6) is 0 Å². The van der Waals surface area contributed by atoms with E-state index < -0.39 is 15.3 Å². The molecule has 0 aromatic rings. The third-order valence-electron chi connectivity index (χ3n) is 3.24. The molecule has 0 spiro atoms. The lowest BCUT2D eigenvalue weighted by atomic mass is 9.88. The van der Waals surface area contributed by atoms with Crippen LogP contribution < -0.4 is 4.72 Å². The van der Waals surface area contributed by atoms with E-state index in [9.17, 15) is 8.42 Å². The minimum Gasteiger partial charge on any atom is -0.211 e. The van der Waals surface area contributed by atoms with E-state index in [0.29, 0.717) is 12.3 Å². The molecule has 1 saturated carbocycles. The van der Waals surface area contributed by atoms with Gasteiger partial charge in [0, 0.05) is 6.04 Å². The molecular formula is C11H20N2O2S. The fourth-order valence-electron chi connectivity index (χ4n) is 2.07. The molecule has 0 bridgehead atoms. The lowest BCUT2D eigenvalue weighted by Gasteiger charge is -2.27. The van der Waals surface area contributed by atoms with Crippen molar-refractivity contribution in [1.82, 2.24) is 4.72 Å². The summed E-state index contributed by atoms with van der Waals surface area (Å²) in [6, 6.07) is 1.87. The predicted molar refractivity (Wildman–Crippen MR) is 63.2 cm³/mol. The molecule has 1 aliphatic rings. The summed E-state index contributed by atoms with van der Waals surface area (Å²) in [4.78, 5) is 0. The van der Waals surface area contributed by atoms with Gasteiger partial charge in [-0.05, 0) is 38.0 Å². The maximum absolute atomic E-state index is 11.8. The molecule has 0 saturated heterocycles. The molecule has 92 valence electrons. The number of nitrogens with zero attached hydrogens (tertiary/aromatic N) is 1. The summed E-state index contributed by atoms with van der Waals surface area (Å²) in [5.41, 5.74) is 0. The van der Waals surface area contributed by atoms with Gasteiger partial charge in [0.25, 0.3) is 0 Å². The van der Waals surface area contributed by atoms with Gasteiger partial charge in [-0.2, -0.15) is 5.26 Å². The van der Waals surface area contributed by atoms with Crippen LogP contribution in [0.25, 0.3) is 0 Å². The lowest BCUT2D eigenvalue weighted by Crippen LogP contribution is -2.41. The Bertz CT molecular complexity index is 351. The molecule has 4 nitrogen and oxygen atoms in total. The molecule has 1 atom stereocenters. The SMILES string of the molecule is CCC(C#N)S(=O)(=O)NC1CCC(C)CC1. The molecule has 1 rings (SSSR count). The highest BCUT2D eigenvalue weighted by atomic mass is 32.2. The fourth-order valence-corrected chi connectivity index (χ4v) is 3.51. The average molecular weight is 244 g/mol. The molecule has 5 heteroatoms. The zero-order valence-electron chi connectivity index (χ0n) is 9.94. The Morgan fingerprint density at radius 2 is 1.94 bits per heavy atom. The van der Waals surface area contributed by atoms with Crippen LogP contribution in [0.3, 0.4) is 0 Å². The van der Waals surface area contributed by atoms with E-state index in [1.165, 1.54) is 0 Å². The first-order chi connectivity index (χ1) is 7.49. The first-order valence-electron chi connectivity index (χ1n) is 5.90. The van der Waals surface area contributed by atoms with Crippen LogP contribution in [0.2, 0.25) is 0 Å². The van der Waals surface area contributed by atoms with Crippen molar-refractivity contribution >= 4 is 10.0 Å². The first kappa shape index (κ1) is 13.5. The van der Waals surface area contributed by atoms with Crippen molar-refractivity contribution in [3.05, 3.63) is 0 Å².